The van der Waals surface area contributed by atoms with Gasteiger partial charge in [-0.3, -0.25) is 14.6 Å². The fourth-order valence-electron chi connectivity index (χ4n) is 3.76. The summed E-state index contributed by atoms with van der Waals surface area (Å²) >= 11 is 0. The van der Waals surface area contributed by atoms with Gasteiger partial charge in [0.1, 0.15) is 0 Å². The number of methoxy groups -OCH3 is 1. The Bertz CT molecular complexity index is 624. The predicted octanol–water partition coefficient (Wildman–Crippen LogP) is 1.49. The molecule has 0 aliphatic carbocycles. The average Bonchev–Trinajstić information content (AvgIpc) is 2.88. The minimum atomic E-state index is 0.0342. The Morgan fingerprint density at radius 3 is 2.75 bits per heavy atom. The summed E-state index contributed by atoms with van der Waals surface area (Å²) in [6.07, 6.45) is 5.75. The van der Waals surface area contributed by atoms with E-state index in [-0.39, 0.29) is 17.2 Å². The number of rotatable bonds is 4. The summed E-state index contributed by atoms with van der Waals surface area (Å²) in [5.74, 6) is 0.260. The topological polar surface area (TPSA) is 62.7 Å². The number of likely N-dealkylation sites (tertiary alicyclic amines) is 2. The SMILES string of the molecule is COCCN1CC2(CCN(C(=O)c3cncc(C)c3)CC2)CC1=O. The van der Waals surface area contributed by atoms with Crippen LogP contribution in [0.2, 0.25) is 0 Å². The fraction of sp³-hybridized carbons (Fsp3) is 0.611. The molecule has 0 aromatic carbocycles. The van der Waals surface area contributed by atoms with Gasteiger partial charge in [0, 0.05) is 57.5 Å². The van der Waals surface area contributed by atoms with Gasteiger partial charge in [-0.15, -0.1) is 0 Å². The van der Waals surface area contributed by atoms with Crippen LogP contribution < -0.4 is 0 Å². The van der Waals surface area contributed by atoms with Crippen LogP contribution in [0.5, 0.6) is 0 Å². The third-order valence-corrected chi connectivity index (χ3v) is 5.20. The highest BCUT2D eigenvalue weighted by Gasteiger charge is 2.45. The minimum absolute atomic E-state index is 0.0342. The van der Waals surface area contributed by atoms with Crippen LogP contribution in [0.4, 0.5) is 0 Å². The molecule has 1 aromatic rings. The Balaban J connectivity index is 1.60. The van der Waals surface area contributed by atoms with Gasteiger partial charge in [-0.2, -0.15) is 0 Å². The summed E-state index contributed by atoms with van der Waals surface area (Å²) < 4.78 is 5.08. The molecule has 2 saturated heterocycles. The highest BCUT2D eigenvalue weighted by Crippen LogP contribution is 2.41. The zero-order valence-electron chi connectivity index (χ0n) is 14.5. The summed E-state index contributed by atoms with van der Waals surface area (Å²) in [4.78, 5) is 32.7. The fourth-order valence-corrected chi connectivity index (χ4v) is 3.76. The maximum atomic E-state index is 12.6. The number of carbonyl (C=O) groups is 2. The second-order valence-corrected chi connectivity index (χ2v) is 7.03. The minimum Gasteiger partial charge on any atom is -0.383 e. The number of pyridine rings is 1. The molecule has 0 atom stereocenters. The highest BCUT2D eigenvalue weighted by atomic mass is 16.5. The second-order valence-electron chi connectivity index (χ2n) is 7.03. The first kappa shape index (κ1) is 16.9. The molecule has 24 heavy (non-hydrogen) atoms. The van der Waals surface area contributed by atoms with E-state index < -0.39 is 0 Å². The van der Waals surface area contributed by atoms with E-state index in [9.17, 15) is 9.59 Å². The molecule has 1 spiro atoms. The van der Waals surface area contributed by atoms with Gasteiger partial charge >= 0.3 is 0 Å². The maximum Gasteiger partial charge on any atom is 0.255 e. The highest BCUT2D eigenvalue weighted by molar-refractivity contribution is 5.94. The van der Waals surface area contributed by atoms with Crippen molar-refractivity contribution in [2.24, 2.45) is 5.41 Å². The number of hydrogen-bond acceptors (Lipinski definition) is 4. The van der Waals surface area contributed by atoms with E-state index in [2.05, 4.69) is 4.98 Å². The first-order chi connectivity index (χ1) is 11.5. The Hall–Kier alpha value is -1.95. The van der Waals surface area contributed by atoms with Gasteiger partial charge in [0.25, 0.3) is 5.91 Å². The summed E-state index contributed by atoms with van der Waals surface area (Å²) in [6.45, 7) is 5.38. The average molecular weight is 331 g/mol. The van der Waals surface area contributed by atoms with E-state index in [1.807, 2.05) is 22.8 Å². The van der Waals surface area contributed by atoms with Gasteiger partial charge in [0.2, 0.25) is 5.91 Å². The van der Waals surface area contributed by atoms with Gasteiger partial charge < -0.3 is 14.5 Å². The largest absolute Gasteiger partial charge is 0.383 e. The predicted molar refractivity (Wildman–Crippen MR) is 89.6 cm³/mol. The van der Waals surface area contributed by atoms with Gasteiger partial charge in [-0.05, 0) is 31.4 Å². The van der Waals surface area contributed by atoms with Crippen LogP contribution in [0.25, 0.3) is 0 Å². The molecule has 0 N–H and O–H groups in total. The lowest BCUT2D eigenvalue weighted by atomic mass is 9.77. The third-order valence-electron chi connectivity index (χ3n) is 5.20. The van der Waals surface area contributed by atoms with Crippen LogP contribution >= 0.6 is 0 Å². The normalized spacial score (nSPS) is 20.0. The molecule has 3 heterocycles. The second kappa shape index (κ2) is 6.89. The van der Waals surface area contributed by atoms with E-state index in [1.54, 1.807) is 19.5 Å². The van der Waals surface area contributed by atoms with Crippen molar-refractivity contribution in [3.05, 3.63) is 29.6 Å². The third kappa shape index (κ3) is 3.43. The summed E-state index contributed by atoms with van der Waals surface area (Å²) in [6, 6.07) is 1.88. The summed E-state index contributed by atoms with van der Waals surface area (Å²) in [5.41, 5.74) is 1.67. The standard InChI is InChI=1S/C18H25N3O3/c1-14-9-15(12-19-11-14)17(23)20-5-3-18(4-6-20)10-16(22)21(13-18)7-8-24-2/h9,11-12H,3-8,10,13H2,1-2H3. The smallest absolute Gasteiger partial charge is 0.255 e. The first-order valence-corrected chi connectivity index (χ1v) is 8.51. The van der Waals surface area contributed by atoms with Crippen LogP contribution in [0.3, 0.4) is 0 Å². The number of ether oxygens (including phenoxy) is 1. The zero-order valence-corrected chi connectivity index (χ0v) is 14.5. The molecule has 6 nitrogen and oxygen atoms in total. The van der Waals surface area contributed by atoms with Crippen LogP contribution in [0.1, 0.15) is 35.2 Å². The molecule has 2 aliphatic rings. The Labute approximate surface area is 142 Å². The van der Waals surface area contributed by atoms with Gasteiger partial charge in [-0.25, -0.2) is 0 Å². The number of carbonyl (C=O) groups excluding carboxylic acids is 2. The Morgan fingerprint density at radius 2 is 2.08 bits per heavy atom. The number of piperidine rings is 1. The molecular weight excluding hydrogens is 306 g/mol. The lowest BCUT2D eigenvalue weighted by Crippen LogP contribution is -2.44. The molecular formula is C18H25N3O3. The molecule has 3 rings (SSSR count). The van der Waals surface area contributed by atoms with E-state index in [0.29, 0.717) is 38.2 Å². The number of aryl methyl sites for hydroxylation is 1. The van der Waals surface area contributed by atoms with Crippen LogP contribution in [-0.2, 0) is 9.53 Å². The summed E-state index contributed by atoms with van der Waals surface area (Å²) in [7, 11) is 1.65. The Morgan fingerprint density at radius 1 is 1.33 bits per heavy atom. The molecule has 2 aliphatic heterocycles. The lowest BCUT2D eigenvalue weighted by Gasteiger charge is -2.38. The number of hydrogen-bond donors (Lipinski definition) is 0. The lowest BCUT2D eigenvalue weighted by molar-refractivity contribution is -0.128. The monoisotopic (exact) mass is 331 g/mol. The molecule has 0 saturated carbocycles. The first-order valence-electron chi connectivity index (χ1n) is 8.51. The van der Waals surface area contributed by atoms with Gasteiger partial charge in [-0.1, -0.05) is 0 Å². The van der Waals surface area contributed by atoms with Crippen molar-refractivity contribution in [2.75, 3.05) is 39.9 Å². The van der Waals surface area contributed by atoms with Gasteiger partial charge in [0.15, 0.2) is 0 Å². The number of nitrogens with zero attached hydrogens (tertiary/aromatic N) is 3. The molecule has 2 amide bonds. The molecule has 2 fully saturated rings. The van der Waals surface area contributed by atoms with E-state index >= 15 is 0 Å². The van der Waals surface area contributed by atoms with Crippen LogP contribution in [0.15, 0.2) is 18.5 Å². The maximum absolute atomic E-state index is 12.6. The van der Waals surface area contributed by atoms with Crippen molar-refractivity contribution in [2.45, 2.75) is 26.2 Å². The van der Waals surface area contributed by atoms with E-state index in [1.165, 1.54) is 0 Å². The Kier molecular flexibility index (Phi) is 4.85. The molecule has 0 radical (unpaired) electrons. The van der Waals surface area contributed by atoms with Crippen molar-refractivity contribution >= 4 is 11.8 Å². The molecule has 0 unspecified atom stereocenters. The van der Waals surface area contributed by atoms with Crippen molar-refractivity contribution in [3.63, 3.8) is 0 Å². The quantitative estimate of drug-likeness (QED) is 0.839. The van der Waals surface area contributed by atoms with E-state index in [0.717, 1.165) is 24.9 Å². The molecule has 6 heteroatoms. The van der Waals surface area contributed by atoms with Gasteiger partial charge in [0.05, 0.1) is 12.2 Å². The van der Waals surface area contributed by atoms with Crippen molar-refractivity contribution in [1.29, 1.82) is 0 Å². The molecule has 0 bridgehead atoms. The molecule has 1 aromatic heterocycles. The number of amides is 2. The number of aromatic nitrogens is 1. The molecule has 130 valence electrons. The zero-order chi connectivity index (χ0) is 17.2. The summed E-state index contributed by atoms with van der Waals surface area (Å²) in [5, 5.41) is 0. The van der Waals surface area contributed by atoms with E-state index in [4.69, 9.17) is 4.74 Å². The van der Waals surface area contributed by atoms with Crippen molar-refractivity contribution in [1.82, 2.24) is 14.8 Å². The van der Waals surface area contributed by atoms with Crippen LogP contribution in [0, 0.1) is 12.3 Å². The van der Waals surface area contributed by atoms with Crippen molar-refractivity contribution < 1.29 is 14.3 Å². The van der Waals surface area contributed by atoms with Crippen LogP contribution in [-0.4, -0.2) is 66.5 Å². The van der Waals surface area contributed by atoms with Crippen molar-refractivity contribution in [3.8, 4) is 0 Å².